The largest absolute Gasteiger partial charge is 0.172 e. The molecule has 0 aromatic heterocycles. The number of rotatable bonds is 2. The van der Waals surface area contributed by atoms with Crippen LogP contribution in [-0.2, 0) is 0 Å². The van der Waals surface area contributed by atoms with Gasteiger partial charge in [0.15, 0.2) is 0 Å². The summed E-state index contributed by atoms with van der Waals surface area (Å²) in [7, 11) is 0. The van der Waals surface area contributed by atoms with Gasteiger partial charge < -0.3 is 0 Å². The second-order valence-electron chi connectivity index (χ2n) is 6.78. The first-order chi connectivity index (χ1) is 6.16. The zero-order valence-electron chi connectivity index (χ0n) is 10.5. The van der Waals surface area contributed by atoms with E-state index in [1.807, 2.05) is 0 Å². The lowest BCUT2D eigenvalue weighted by atomic mass is 9.66. The predicted octanol–water partition coefficient (Wildman–Crippen LogP) is 4.69. The van der Waals surface area contributed by atoms with Crippen LogP contribution in [0.2, 0.25) is 0 Å². The molecule has 84 valence electrons. The van der Waals surface area contributed by atoms with Gasteiger partial charge in [-0.3, -0.25) is 0 Å². The Morgan fingerprint density at radius 2 is 1.43 bits per heavy atom. The molecular formula is C13H26S. The van der Waals surface area contributed by atoms with E-state index in [-0.39, 0.29) is 4.75 Å². The van der Waals surface area contributed by atoms with Gasteiger partial charge in [-0.05, 0) is 30.1 Å². The molecule has 14 heavy (non-hydrogen) atoms. The number of thiol groups is 1. The Balaban J connectivity index is 2.83. The Morgan fingerprint density at radius 1 is 1.00 bits per heavy atom. The smallest absolute Gasteiger partial charge is 0.0130 e. The van der Waals surface area contributed by atoms with E-state index in [1.54, 1.807) is 0 Å². The van der Waals surface area contributed by atoms with Crippen LogP contribution >= 0.6 is 12.6 Å². The molecule has 1 saturated carbocycles. The van der Waals surface area contributed by atoms with Gasteiger partial charge in [-0.25, -0.2) is 0 Å². The average molecular weight is 214 g/mol. The van der Waals surface area contributed by atoms with Crippen molar-refractivity contribution in [1.82, 2.24) is 0 Å². The fourth-order valence-electron chi connectivity index (χ4n) is 3.07. The second-order valence-corrected chi connectivity index (χ2v) is 7.90. The molecule has 0 heterocycles. The highest BCUT2D eigenvalue weighted by molar-refractivity contribution is 7.81. The molecular weight excluding hydrogens is 188 g/mol. The van der Waals surface area contributed by atoms with Gasteiger partial charge in [0.25, 0.3) is 0 Å². The quantitative estimate of drug-likeness (QED) is 0.633. The standard InChI is InChI=1S/C13H26S/c1-11(2,3)10-13(12(4,5)14)8-6-7-9-13/h14H,6-10H2,1-5H3. The first-order valence-electron chi connectivity index (χ1n) is 5.89. The highest BCUT2D eigenvalue weighted by Gasteiger charge is 2.46. The molecule has 0 aromatic carbocycles. The molecule has 1 aliphatic carbocycles. The van der Waals surface area contributed by atoms with Crippen LogP contribution in [0.4, 0.5) is 0 Å². The van der Waals surface area contributed by atoms with E-state index in [0.29, 0.717) is 10.8 Å². The lowest BCUT2D eigenvalue weighted by Gasteiger charge is -2.45. The van der Waals surface area contributed by atoms with Crippen LogP contribution in [0.5, 0.6) is 0 Å². The summed E-state index contributed by atoms with van der Waals surface area (Å²) in [5.74, 6) is 0. The first kappa shape index (κ1) is 12.4. The van der Waals surface area contributed by atoms with Crippen molar-refractivity contribution in [2.75, 3.05) is 0 Å². The molecule has 1 rings (SSSR count). The third-order valence-electron chi connectivity index (χ3n) is 3.73. The Labute approximate surface area is 95.3 Å². The summed E-state index contributed by atoms with van der Waals surface area (Å²) >= 11 is 4.85. The van der Waals surface area contributed by atoms with Crippen molar-refractivity contribution in [2.24, 2.45) is 10.8 Å². The third kappa shape index (κ3) is 2.68. The fourth-order valence-corrected chi connectivity index (χ4v) is 3.37. The van der Waals surface area contributed by atoms with Gasteiger partial charge >= 0.3 is 0 Å². The van der Waals surface area contributed by atoms with Crippen LogP contribution in [0, 0.1) is 10.8 Å². The van der Waals surface area contributed by atoms with Gasteiger partial charge in [0.05, 0.1) is 0 Å². The number of hydrogen-bond acceptors (Lipinski definition) is 1. The summed E-state index contributed by atoms with van der Waals surface area (Å²) in [4.78, 5) is 0. The molecule has 1 heteroatoms. The molecule has 0 spiro atoms. The van der Waals surface area contributed by atoms with Crippen molar-refractivity contribution in [2.45, 2.75) is 71.5 Å². The van der Waals surface area contributed by atoms with Crippen LogP contribution in [0.1, 0.15) is 66.7 Å². The van der Waals surface area contributed by atoms with Crippen LogP contribution in [0.25, 0.3) is 0 Å². The lowest BCUT2D eigenvalue weighted by molar-refractivity contribution is 0.136. The molecule has 0 atom stereocenters. The zero-order chi connectivity index (χ0) is 11.0. The minimum Gasteiger partial charge on any atom is -0.172 e. The molecule has 0 amide bonds. The van der Waals surface area contributed by atoms with E-state index in [0.717, 1.165) is 0 Å². The maximum absolute atomic E-state index is 4.85. The summed E-state index contributed by atoms with van der Waals surface area (Å²) in [5.41, 5.74) is 0.915. The monoisotopic (exact) mass is 214 g/mol. The molecule has 0 saturated heterocycles. The van der Waals surface area contributed by atoms with Crippen molar-refractivity contribution in [3.8, 4) is 0 Å². The molecule has 0 radical (unpaired) electrons. The van der Waals surface area contributed by atoms with Crippen molar-refractivity contribution in [1.29, 1.82) is 0 Å². The van der Waals surface area contributed by atoms with Gasteiger partial charge in [-0.2, -0.15) is 12.6 Å². The summed E-state index contributed by atoms with van der Waals surface area (Å²) in [6, 6.07) is 0. The van der Waals surface area contributed by atoms with Crippen molar-refractivity contribution in [3.63, 3.8) is 0 Å². The second kappa shape index (κ2) is 3.73. The van der Waals surface area contributed by atoms with Crippen molar-refractivity contribution >= 4 is 12.6 Å². The molecule has 0 bridgehead atoms. The van der Waals surface area contributed by atoms with E-state index in [2.05, 4.69) is 34.6 Å². The van der Waals surface area contributed by atoms with E-state index in [1.165, 1.54) is 32.1 Å². The van der Waals surface area contributed by atoms with E-state index >= 15 is 0 Å². The van der Waals surface area contributed by atoms with Crippen LogP contribution in [0.15, 0.2) is 0 Å². The maximum atomic E-state index is 4.85. The third-order valence-corrected chi connectivity index (χ3v) is 4.20. The summed E-state index contributed by atoms with van der Waals surface area (Å²) in [6.45, 7) is 11.7. The molecule has 0 aromatic rings. The van der Waals surface area contributed by atoms with Crippen LogP contribution in [0.3, 0.4) is 0 Å². The Hall–Kier alpha value is 0.350. The Morgan fingerprint density at radius 3 is 1.71 bits per heavy atom. The summed E-state index contributed by atoms with van der Waals surface area (Å²) in [6.07, 6.45) is 6.87. The number of hydrogen-bond donors (Lipinski definition) is 1. The van der Waals surface area contributed by atoms with Gasteiger partial charge in [0.2, 0.25) is 0 Å². The predicted molar refractivity (Wildman–Crippen MR) is 68.0 cm³/mol. The van der Waals surface area contributed by atoms with Crippen molar-refractivity contribution in [3.05, 3.63) is 0 Å². The Bertz CT molecular complexity index is 186. The highest BCUT2D eigenvalue weighted by atomic mass is 32.1. The lowest BCUT2D eigenvalue weighted by Crippen LogP contribution is -2.40. The normalized spacial score (nSPS) is 22.7. The van der Waals surface area contributed by atoms with E-state index in [4.69, 9.17) is 12.6 Å². The SMILES string of the molecule is CC(C)(C)CC1(C(C)(C)S)CCCC1. The van der Waals surface area contributed by atoms with Crippen molar-refractivity contribution < 1.29 is 0 Å². The van der Waals surface area contributed by atoms with Gasteiger partial charge in [-0.1, -0.05) is 47.5 Å². The minimum absolute atomic E-state index is 0.177. The van der Waals surface area contributed by atoms with E-state index in [9.17, 15) is 0 Å². The maximum Gasteiger partial charge on any atom is 0.0130 e. The van der Waals surface area contributed by atoms with Crippen LogP contribution < -0.4 is 0 Å². The molecule has 0 nitrogen and oxygen atoms in total. The van der Waals surface area contributed by atoms with Gasteiger partial charge in [-0.15, -0.1) is 0 Å². The highest BCUT2D eigenvalue weighted by Crippen LogP contribution is 2.55. The fraction of sp³-hybridized carbons (Fsp3) is 1.00. The zero-order valence-corrected chi connectivity index (χ0v) is 11.4. The minimum atomic E-state index is 0.177. The summed E-state index contributed by atoms with van der Waals surface area (Å²) in [5, 5.41) is 0. The summed E-state index contributed by atoms with van der Waals surface area (Å²) < 4.78 is 0.177. The Kier molecular flexibility index (Phi) is 3.31. The molecule has 1 aliphatic rings. The first-order valence-corrected chi connectivity index (χ1v) is 6.34. The van der Waals surface area contributed by atoms with Gasteiger partial charge in [0.1, 0.15) is 0 Å². The average Bonchev–Trinajstić information content (AvgIpc) is 2.31. The van der Waals surface area contributed by atoms with E-state index < -0.39 is 0 Å². The molecule has 1 fully saturated rings. The molecule has 0 unspecified atom stereocenters. The van der Waals surface area contributed by atoms with Crippen LogP contribution in [-0.4, -0.2) is 4.75 Å². The topological polar surface area (TPSA) is 0 Å². The molecule has 0 aliphatic heterocycles. The molecule has 0 N–H and O–H groups in total. The van der Waals surface area contributed by atoms with Gasteiger partial charge in [0, 0.05) is 4.75 Å².